The molecule has 1 rings (SSSR count). The normalized spacial score (nSPS) is 14.0. The lowest BCUT2D eigenvalue weighted by atomic mass is 9.98. The Labute approximate surface area is 128 Å². The zero-order chi connectivity index (χ0) is 16.0. The van der Waals surface area contributed by atoms with Crippen LogP contribution in [0, 0.1) is 19.8 Å². The highest BCUT2D eigenvalue weighted by molar-refractivity contribution is 5.78. The number of hydrogen-bond donors (Lipinski definition) is 1. The summed E-state index contributed by atoms with van der Waals surface area (Å²) in [6.45, 7) is 13.2. The Morgan fingerprint density at radius 3 is 2.57 bits per heavy atom. The maximum absolute atomic E-state index is 12.2. The summed E-state index contributed by atoms with van der Waals surface area (Å²) < 4.78 is 7.28. The molecule has 1 aromatic rings. The van der Waals surface area contributed by atoms with E-state index in [1.165, 1.54) is 0 Å². The molecule has 5 heteroatoms. The van der Waals surface area contributed by atoms with E-state index in [2.05, 4.69) is 17.3 Å². The van der Waals surface area contributed by atoms with Gasteiger partial charge in [-0.05, 0) is 46.1 Å². The molecule has 0 saturated heterocycles. The average Bonchev–Trinajstić information content (AvgIpc) is 2.72. The predicted molar refractivity (Wildman–Crippen MR) is 84.1 cm³/mol. The van der Waals surface area contributed by atoms with Crippen LogP contribution in [0.2, 0.25) is 0 Å². The summed E-state index contributed by atoms with van der Waals surface area (Å²) in [5.41, 5.74) is 3.22. The van der Waals surface area contributed by atoms with E-state index in [4.69, 9.17) is 4.74 Å². The van der Waals surface area contributed by atoms with E-state index in [1.54, 1.807) is 0 Å². The molecule has 2 atom stereocenters. The Hall–Kier alpha value is -1.36. The molecule has 0 aliphatic carbocycles. The van der Waals surface area contributed by atoms with E-state index in [0.29, 0.717) is 19.8 Å². The quantitative estimate of drug-likeness (QED) is 0.802. The maximum atomic E-state index is 12.2. The minimum absolute atomic E-state index is 0.0545. The van der Waals surface area contributed by atoms with Crippen LogP contribution in [-0.4, -0.2) is 28.3 Å². The molecule has 0 spiro atoms. The van der Waals surface area contributed by atoms with E-state index in [1.807, 2.05) is 39.3 Å². The second-order valence-corrected chi connectivity index (χ2v) is 5.69. The Morgan fingerprint density at radius 1 is 1.33 bits per heavy atom. The molecule has 2 unspecified atom stereocenters. The fraction of sp³-hybridized carbons (Fsp3) is 0.750. The Morgan fingerprint density at radius 2 is 2.00 bits per heavy atom. The van der Waals surface area contributed by atoms with E-state index in [0.717, 1.165) is 23.4 Å². The molecule has 1 aromatic heterocycles. The molecule has 1 heterocycles. The fourth-order valence-corrected chi connectivity index (χ4v) is 2.22. The number of nitrogens with zero attached hydrogens (tertiary/aromatic N) is 2. The third-order valence-electron chi connectivity index (χ3n) is 3.91. The summed E-state index contributed by atoms with van der Waals surface area (Å²) in [5, 5.41) is 7.54. The van der Waals surface area contributed by atoms with Crippen LogP contribution in [0.15, 0.2) is 0 Å². The van der Waals surface area contributed by atoms with Crippen molar-refractivity contribution in [3.05, 3.63) is 17.0 Å². The Balaban J connectivity index is 2.73. The zero-order valence-corrected chi connectivity index (χ0v) is 14.2. The lowest BCUT2D eigenvalue weighted by Crippen LogP contribution is -2.36. The average molecular weight is 295 g/mol. The van der Waals surface area contributed by atoms with Gasteiger partial charge in [0.15, 0.2) is 0 Å². The molecular formula is C16H29N3O2. The van der Waals surface area contributed by atoms with Crippen molar-refractivity contribution >= 4 is 5.91 Å². The smallest absolute Gasteiger partial charge is 0.223 e. The highest BCUT2D eigenvalue weighted by Gasteiger charge is 2.20. The zero-order valence-electron chi connectivity index (χ0n) is 14.2. The summed E-state index contributed by atoms with van der Waals surface area (Å²) in [6, 6.07) is 0.225. The van der Waals surface area contributed by atoms with Gasteiger partial charge in [0.1, 0.15) is 6.73 Å². The molecule has 1 N–H and O–H groups in total. The van der Waals surface area contributed by atoms with Gasteiger partial charge in [-0.15, -0.1) is 0 Å². The molecule has 0 aliphatic rings. The summed E-state index contributed by atoms with van der Waals surface area (Å²) >= 11 is 0. The van der Waals surface area contributed by atoms with Gasteiger partial charge in [-0.25, -0.2) is 4.68 Å². The van der Waals surface area contributed by atoms with Crippen molar-refractivity contribution in [1.82, 2.24) is 15.1 Å². The number of rotatable bonds is 8. The summed E-state index contributed by atoms with van der Waals surface area (Å²) in [6.07, 6.45) is 1.66. The van der Waals surface area contributed by atoms with Gasteiger partial charge in [0.05, 0.1) is 5.69 Å². The van der Waals surface area contributed by atoms with Crippen LogP contribution in [0.5, 0.6) is 0 Å². The third-order valence-corrected chi connectivity index (χ3v) is 3.91. The van der Waals surface area contributed by atoms with Crippen LogP contribution < -0.4 is 5.32 Å². The Kier molecular flexibility index (Phi) is 6.89. The number of amides is 1. The summed E-state index contributed by atoms with van der Waals surface area (Å²) in [7, 11) is 0. The van der Waals surface area contributed by atoms with Crippen molar-refractivity contribution in [1.29, 1.82) is 0 Å². The lowest BCUT2D eigenvalue weighted by molar-refractivity contribution is -0.125. The topological polar surface area (TPSA) is 56.2 Å². The monoisotopic (exact) mass is 295 g/mol. The number of carbonyl (C=O) groups excluding carboxylic acids is 1. The van der Waals surface area contributed by atoms with Crippen molar-refractivity contribution in [2.24, 2.45) is 5.92 Å². The first-order chi connectivity index (χ1) is 9.90. The minimum atomic E-state index is -0.0545. The number of aromatic nitrogens is 2. The first kappa shape index (κ1) is 17.7. The molecule has 0 fully saturated rings. The van der Waals surface area contributed by atoms with Crippen LogP contribution in [0.1, 0.15) is 51.1 Å². The SMILES string of the molecule is CCOCn1nc(C)c(CC(C)C(=O)NC(C)CC)c1C. The fourth-order valence-electron chi connectivity index (χ4n) is 2.22. The van der Waals surface area contributed by atoms with Gasteiger partial charge in [0.2, 0.25) is 5.91 Å². The van der Waals surface area contributed by atoms with Crippen molar-refractivity contribution in [3.63, 3.8) is 0 Å². The third kappa shape index (κ3) is 4.84. The van der Waals surface area contributed by atoms with Gasteiger partial charge in [0.25, 0.3) is 0 Å². The summed E-state index contributed by atoms with van der Waals surface area (Å²) in [4.78, 5) is 12.2. The van der Waals surface area contributed by atoms with E-state index >= 15 is 0 Å². The van der Waals surface area contributed by atoms with E-state index < -0.39 is 0 Å². The number of carbonyl (C=O) groups is 1. The molecule has 0 aromatic carbocycles. The molecule has 5 nitrogen and oxygen atoms in total. The van der Waals surface area contributed by atoms with Crippen LogP contribution in [0.25, 0.3) is 0 Å². The highest BCUT2D eigenvalue weighted by atomic mass is 16.5. The first-order valence-corrected chi connectivity index (χ1v) is 7.81. The molecule has 0 aliphatic heterocycles. The van der Waals surface area contributed by atoms with Crippen LogP contribution in [-0.2, 0) is 22.7 Å². The van der Waals surface area contributed by atoms with E-state index in [9.17, 15) is 4.79 Å². The number of hydrogen-bond acceptors (Lipinski definition) is 3. The molecule has 120 valence electrons. The standard InChI is InChI=1S/C16H29N3O2/c1-7-12(4)17-16(20)11(3)9-15-13(5)18-19(14(15)6)10-21-8-2/h11-12H,7-10H2,1-6H3,(H,17,20). The van der Waals surface area contributed by atoms with Crippen LogP contribution in [0.3, 0.4) is 0 Å². The van der Waals surface area contributed by atoms with Gasteiger partial charge in [0, 0.05) is 24.3 Å². The molecular weight excluding hydrogens is 266 g/mol. The first-order valence-electron chi connectivity index (χ1n) is 7.81. The van der Waals surface area contributed by atoms with Gasteiger partial charge in [-0.3, -0.25) is 4.79 Å². The van der Waals surface area contributed by atoms with Crippen LogP contribution >= 0.6 is 0 Å². The number of aryl methyl sites for hydroxylation is 1. The number of ether oxygens (including phenoxy) is 1. The minimum Gasteiger partial charge on any atom is -0.360 e. The van der Waals surface area contributed by atoms with Crippen molar-refractivity contribution in [2.45, 2.75) is 67.2 Å². The van der Waals surface area contributed by atoms with E-state index in [-0.39, 0.29) is 17.9 Å². The molecule has 0 saturated carbocycles. The van der Waals surface area contributed by atoms with Gasteiger partial charge in [-0.2, -0.15) is 5.10 Å². The number of nitrogens with one attached hydrogen (secondary N) is 1. The largest absolute Gasteiger partial charge is 0.360 e. The van der Waals surface area contributed by atoms with Gasteiger partial charge >= 0.3 is 0 Å². The second kappa shape index (κ2) is 8.17. The Bertz CT molecular complexity index is 468. The van der Waals surface area contributed by atoms with Crippen molar-refractivity contribution < 1.29 is 9.53 Å². The second-order valence-electron chi connectivity index (χ2n) is 5.69. The highest BCUT2D eigenvalue weighted by Crippen LogP contribution is 2.18. The molecule has 1 amide bonds. The van der Waals surface area contributed by atoms with Crippen molar-refractivity contribution in [3.8, 4) is 0 Å². The lowest BCUT2D eigenvalue weighted by Gasteiger charge is -2.16. The van der Waals surface area contributed by atoms with Crippen LogP contribution in [0.4, 0.5) is 0 Å². The molecule has 21 heavy (non-hydrogen) atoms. The van der Waals surface area contributed by atoms with Gasteiger partial charge in [-0.1, -0.05) is 13.8 Å². The van der Waals surface area contributed by atoms with Gasteiger partial charge < -0.3 is 10.1 Å². The summed E-state index contributed by atoms with van der Waals surface area (Å²) in [5.74, 6) is 0.0573. The molecule has 0 radical (unpaired) electrons. The van der Waals surface area contributed by atoms with Crippen molar-refractivity contribution in [2.75, 3.05) is 6.61 Å². The predicted octanol–water partition coefficient (Wildman–Crippen LogP) is 2.59. The maximum Gasteiger partial charge on any atom is 0.223 e. The molecule has 0 bridgehead atoms.